The number of esters is 1. The summed E-state index contributed by atoms with van der Waals surface area (Å²) in [7, 11) is 0. The maximum atomic E-state index is 13.4. The Labute approximate surface area is 550 Å². The van der Waals surface area contributed by atoms with Gasteiger partial charge >= 0.3 is 5.97 Å². The molecule has 25 nitrogen and oxygen atoms in total. The fourth-order valence-corrected chi connectivity index (χ4v) is 11.0. The first kappa shape index (κ1) is 77.5. The Balaban J connectivity index is 0.907. The molecule has 6 amide bonds. The highest BCUT2D eigenvalue weighted by molar-refractivity contribution is 9.09. The van der Waals surface area contributed by atoms with Crippen LogP contribution in [-0.2, 0) is 87.4 Å². The minimum Gasteiger partial charge on any atom is -0.462 e. The molecule has 92 heavy (non-hydrogen) atoms. The van der Waals surface area contributed by atoms with Gasteiger partial charge in [0, 0.05) is 43.6 Å². The number of alkyl halides is 1. The number of hydrogen-bond donors (Lipinski definition) is 8. The molecule has 1 spiro atoms. The lowest BCUT2D eigenvalue weighted by Crippen LogP contribution is -2.53. The number of carbonyl (C=O) groups excluding carboxylic acids is 7. The normalized spacial score (nSPS) is 25.0. The van der Waals surface area contributed by atoms with E-state index in [0.717, 1.165) is 12.0 Å². The van der Waals surface area contributed by atoms with Crippen molar-refractivity contribution in [1.82, 2.24) is 26.6 Å². The first-order valence-electron chi connectivity index (χ1n) is 32.6. The summed E-state index contributed by atoms with van der Waals surface area (Å²) in [5.41, 5.74) is 1.40. The number of aliphatic hydroxyl groups is 2. The number of epoxide rings is 1. The van der Waals surface area contributed by atoms with Gasteiger partial charge < -0.3 is 89.5 Å². The standard InChI is InChI=1S/C66H103BrN6O19/c1-43(2)62(73-58(76)24-26-83-28-30-85-32-34-87-36-37-88-35-33-86-31-29-84-27-25-68-60(78)41-67)65(82)69-47(6)64(81)72-53-11-9-8-10-49(53)15-23-61(79)92-51-18-16-50(17-19-51)70-59(77)39-52-40-66(42-89-66)63(80)56(91-52)21-13-44(3)12-20-55-45(4)38-54(48(7)90-55)71-57(75)22-14-46(5)74/h8-14,21-22,43,45-48,50-52,54-56,62-63,74,80H,15-20,23-42H2,1-7H3,(H,68,78)(H,69,82)(H,70,77)(H,71,75)(H,72,81)(H,73,76)/t45-,46-,47-,48+,50-,51-,52+,54+,55-,56+,62-,63+,66+/m0/s1. The van der Waals surface area contributed by atoms with Gasteiger partial charge in [0.15, 0.2) is 0 Å². The second-order valence-corrected chi connectivity index (χ2v) is 24.9. The molecule has 26 heteroatoms. The van der Waals surface area contributed by atoms with Crippen LogP contribution in [0.3, 0.4) is 0 Å². The number of ether oxygens (including phenoxy) is 10. The van der Waals surface area contributed by atoms with Crippen molar-refractivity contribution in [3.63, 3.8) is 0 Å². The van der Waals surface area contributed by atoms with Crippen LogP contribution < -0.4 is 31.9 Å². The Morgan fingerprint density at radius 3 is 1.98 bits per heavy atom. The second-order valence-electron chi connectivity index (χ2n) is 24.4. The van der Waals surface area contributed by atoms with Gasteiger partial charge in [0.1, 0.15) is 36.0 Å². The van der Waals surface area contributed by atoms with Crippen LogP contribution in [0.1, 0.15) is 118 Å². The Kier molecular flexibility index (Phi) is 35.6. The summed E-state index contributed by atoms with van der Waals surface area (Å²) < 4.78 is 57.1. The predicted molar refractivity (Wildman–Crippen MR) is 345 cm³/mol. The lowest BCUT2D eigenvalue weighted by molar-refractivity contribution is -0.151. The number of rotatable bonds is 42. The fourth-order valence-electron chi connectivity index (χ4n) is 10.8. The first-order chi connectivity index (χ1) is 44.1. The molecule has 0 aromatic heterocycles. The zero-order chi connectivity index (χ0) is 66.8. The summed E-state index contributed by atoms with van der Waals surface area (Å²) in [4.78, 5) is 89.7. The Bertz CT molecular complexity index is 2530. The molecule has 0 bridgehead atoms. The van der Waals surface area contributed by atoms with Gasteiger partial charge in [0.2, 0.25) is 35.4 Å². The van der Waals surface area contributed by atoms with E-state index >= 15 is 0 Å². The molecule has 4 aliphatic rings. The van der Waals surface area contributed by atoms with Gasteiger partial charge in [-0.3, -0.25) is 33.6 Å². The number of carbonyl (C=O) groups is 7. The summed E-state index contributed by atoms with van der Waals surface area (Å²) in [6, 6.07) is 4.98. The highest BCUT2D eigenvalue weighted by Crippen LogP contribution is 2.43. The molecule has 3 heterocycles. The SMILES string of the molecule is CC(C=C[C@H]1O[C@H](CC(=O)N[C@H]2CC[C@H](OC(=O)CCc3ccccc3NC(=O)[C@H](C)NC(=O)[C@@H](NC(=O)CCOCCOCCOCCOCCOCCOCCNC(=O)CBr)C(C)C)CC2)C[C@@]2(CO2)[C@@H]1O)=CC[C@@H]1O[C@H](C)[C@H](NC(=O)C=C[C@H](C)O)C[C@@H]1C. The number of para-hydroxylation sites is 1. The highest BCUT2D eigenvalue weighted by atomic mass is 79.9. The third kappa shape index (κ3) is 29.6. The smallest absolute Gasteiger partial charge is 0.306 e. The molecule has 11 atom stereocenters. The van der Waals surface area contributed by atoms with Gasteiger partial charge in [-0.2, -0.15) is 0 Å². The Morgan fingerprint density at radius 2 is 1.37 bits per heavy atom. The van der Waals surface area contributed by atoms with Crippen molar-refractivity contribution in [2.75, 3.05) is 103 Å². The van der Waals surface area contributed by atoms with E-state index < -0.39 is 53.9 Å². The van der Waals surface area contributed by atoms with E-state index in [2.05, 4.69) is 60.8 Å². The molecule has 4 fully saturated rings. The van der Waals surface area contributed by atoms with Crippen LogP contribution >= 0.6 is 15.9 Å². The number of anilines is 1. The second kappa shape index (κ2) is 42.3. The number of aliphatic hydroxyl groups excluding tert-OH is 2. The lowest BCUT2D eigenvalue weighted by Gasteiger charge is -2.39. The maximum Gasteiger partial charge on any atom is 0.306 e. The van der Waals surface area contributed by atoms with E-state index in [1.54, 1.807) is 45.9 Å². The molecule has 5 rings (SSSR count). The third-order valence-corrected chi connectivity index (χ3v) is 16.8. The average molecular weight is 1360 g/mol. The van der Waals surface area contributed by atoms with E-state index in [-0.39, 0.29) is 116 Å². The molecule has 1 aromatic rings. The van der Waals surface area contributed by atoms with Crippen LogP contribution in [0, 0.1) is 11.8 Å². The zero-order valence-electron chi connectivity index (χ0n) is 54.8. The molecule has 3 saturated heterocycles. The summed E-state index contributed by atoms with van der Waals surface area (Å²) in [6.45, 7) is 17.9. The van der Waals surface area contributed by atoms with Crippen LogP contribution in [0.4, 0.5) is 5.69 Å². The van der Waals surface area contributed by atoms with Gasteiger partial charge in [-0.15, -0.1) is 0 Å². The van der Waals surface area contributed by atoms with Crippen molar-refractivity contribution in [2.24, 2.45) is 11.8 Å². The largest absolute Gasteiger partial charge is 0.462 e. The molecule has 0 radical (unpaired) electrons. The van der Waals surface area contributed by atoms with E-state index in [1.807, 2.05) is 32.1 Å². The van der Waals surface area contributed by atoms with Crippen LogP contribution in [-0.4, -0.2) is 222 Å². The summed E-state index contributed by atoms with van der Waals surface area (Å²) in [6.07, 6.45) is 9.99. The quantitative estimate of drug-likeness (QED) is 0.0115. The van der Waals surface area contributed by atoms with Crippen molar-refractivity contribution >= 4 is 63.0 Å². The fraction of sp³-hybridized carbons (Fsp3) is 0.712. The Morgan fingerprint density at radius 1 is 0.750 bits per heavy atom. The molecular weight excluding hydrogens is 1260 g/mol. The Hall–Kier alpha value is -5.23. The van der Waals surface area contributed by atoms with Crippen LogP contribution in [0.2, 0.25) is 0 Å². The maximum absolute atomic E-state index is 13.4. The summed E-state index contributed by atoms with van der Waals surface area (Å²) in [5, 5.41) is 38.1. The van der Waals surface area contributed by atoms with E-state index in [0.29, 0.717) is 129 Å². The monoisotopic (exact) mass is 1360 g/mol. The van der Waals surface area contributed by atoms with E-state index in [1.165, 1.54) is 12.2 Å². The molecule has 8 N–H and O–H groups in total. The van der Waals surface area contributed by atoms with Crippen molar-refractivity contribution in [1.29, 1.82) is 0 Å². The minimum absolute atomic E-state index is 0.0148. The van der Waals surface area contributed by atoms with E-state index in [4.69, 9.17) is 47.4 Å². The molecule has 1 aliphatic carbocycles. The lowest BCUT2D eigenvalue weighted by atomic mass is 9.87. The number of nitrogens with one attached hydrogen (secondary N) is 6. The zero-order valence-corrected chi connectivity index (χ0v) is 56.4. The number of allylic oxidation sites excluding steroid dienone is 2. The van der Waals surface area contributed by atoms with Crippen LogP contribution in [0.15, 0.2) is 60.2 Å². The number of halogens is 1. The highest BCUT2D eigenvalue weighted by Gasteiger charge is 2.58. The summed E-state index contributed by atoms with van der Waals surface area (Å²) >= 11 is 3.08. The van der Waals surface area contributed by atoms with E-state index in [9.17, 15) is 43.8 Å². The minimum atomic E-state index is -0.964. The van der Waals surface area contributed by atoms with Crippen LogP contribution in [0.5, 0.6) is 0 Å². The first-order valence-corrected chi connectivity index (χ1v) is 33.7. The van der Waals surface area contributed by atoms with Crippen LogP contribution in [0.25, 0.3) is 0 Å². The third-order valence-electron chi connectivity index (χ3n) is 16.2. The van der Waals surface area contributed by atoms with Gasteiger partial charge in [0.05, 0.1) is 128 Å². The molecular formula is C66H103BrN6O19. The number of benzene rings is 1. The van der Waals surface area contributed by atoms with Gasteiger partial charge in [0.25, 0.3) is 0 Å². The molecule has 1 saturated carbocycles. The summed E-state index contributed by atoms with van der Waals surface area (Å²) in [5.74, 6) is -2.38. The molecule has 1 aromatic carbocycles. The number of amides is 6. The van der Waals surface area contributed by atoms with Gasteiger partial charge in [-0.05, 0) is 96.1 Å². The molecule has 3 aliphatic heterocycles. The van der Waals surface area contributed by atoms with Crippen molar-refractivity contribution < 1.29 is 91.1 Å². The number of aryl methyl sites for hydroxylation is 1. The van der Waals surface area contributed by atoms with Crippen molar-refractivity contribution in [3.05, 3.63) is 65.8 Å². The predicted octanol–water partition coefficient (Wildman–Crippen LogP) is 3.98. The molecule has 0 unspecified atom stereocenters. The molecule has 518 valence electrons. The average Bonchev–Trinajstić information content (AvgIpc) is 1.61. The van der Waals surface area contributed by atoms with Crippen molar-refractivity contribution in [3.8, 4) is 0 Å². The number of hydrogen-bond acceptors (Lipinski definition) is 19. The van der Waals surface area contributed by atoms with Gasteiger partial charge in [-0.1, -0.05) is 84.8 Å². The topological polar surface area (TPSA) is 328 Å². The van der Waals surface area contributed by atoms with Crippen molar-refractivity contribution in [2.45, 2.75) is 192 Å². The van der Waals surface area contributed by atoms with Gasteiger partial charge in [-0.25, -0.2) is 0 Å².